The van der Waals surface area contributed by atoms with E-state index in [9.17, 15) is 24.3 Å². The molecule has 0 bridgehead atoms. The maximum absolute atomic E-state index is 13.2. The minimum atomic E-state index is -1.50. The number of nitrogens with two attached hydrogens (primary N) is 1. The van der Waals surface area contributed by atoms with Crippen LogP contribution in [0.25, 0.3) is 0 Å². The number of hydrogen-bond acceptors (Lipinski definition) is 13. The van der Waals surface area contributed by atoms with Gasteiger partial charge in [-0.2, -0.15) is 12.6 Å². The molecule has 2 aliphatic rings. The number of fused-ring (bicyclic) bond motifs is 1. The van der Waals surface area contributed by atoms with Crippen LogP contribution in [0.3, 0.4) is 0 Å². The van der Waals surface area contributed by atoms with Crippen molar-refractivity contribution in [1.82, 2.24) is 30.4 Å². The number of tetrazole rings is 1. The Morgan fingerprint density at radius 1 is 1.43 bits per heavy atom. The standard InChI is InChI=1S/C17H23N7O6S4.Na/c1-23-16(20-21-22-23)34-4-7-3-9(31)12-17(32-2,15(30)24(12)11(7)14(28)29)19-10(25)6-33-5-8(18)13(26)27;/h8-9,12,31H,3-6,18H2,1-2H3,(H,19,25)(H,26,27)(H,28,29);/q;+1/p-1. The number of nitrogens with zero attached hydrogens (tertiary/aromatic N) is 5. The van der Waals surface area contributed by atoms with Crippen LogP contribution in [0.5, 0.6) is 0 Å². The van der Waals surface area contributed by atoms with E-state index in [1.807, 2.05) is 0 Å². The number of hydrogen-bond donors (Lipinski definition) is 4. The van der Waals surface area contributed by atoms with E-state index in [1.54, 1.807) is 13.3 Å². The first kappa shape index (κ1) is 30.3. The summed E-state index contributed by atoms with van der Waals surface area (Å²) in [7, 11) is 1.65. The van der Waals surface area contributed by atoms with Crippen molar-refractivity contribution >= 4 is 71.7 Å². The number of β-lactam (4-membered cyclic amide) rings is 1. The van der Waals surface area contributed by atoms with Gasteiger partial charge >= 0.3 is 35.5 Å². The molecular weight excluding hydrogens is 549 g/mol. The van der Waals surface area contributed by atoms with Crippen molar-refractivity contribution in [3.8, 4) is 0 Å². The van der Waals surface area contributed by atoms with Crippen molar-refractivity contribution in [3.63, 3.8) is 0 Å². The van der Waals surface area contributed by atoms with Gasteiger partial charge in [0, 0.05) is 23.8 Å². The molecular formula is C17H22N7NaO6S4. The Morgan fingerprint density at radius 2 is 2.11 bits per heavy atom. The van der Waals surface area contributed by atoms with Gasteiger partial charge in [0.25, 0.3) is 5.91 Å². The first-order chi connectivity index (χ1) is 16.0. The van der Waals surface area contributed by atoms with E-state index in [2.05, 4.69) is 33.5 Å². The number of rotatable bonds is 11. The van der Waals surface area contributed by atoms with Gasteiger partial charge in [0.1, 0.15) is 6.04 Å². The van der Waals surface area contributed by atoms with E-state index < -0.39 is 46.0 Å². The fourth-order valence-electron chi connectivity index (χ4n) is 3.71. The predicted molar refractivity (Wildman–Crippen MR) is 127 cm³/mol. The number of thiol groups is 1. The van der Waals surface area contributed by atoms with Crippen LogP contribution in [0, 0.1) is 0 Å². The average Bonchev–Trinajstić information content (AvgIpc) is 3.19. The Bertz CT molecular complexity index is 1040. The smallest absolute Gasteiger partial charge is 0.543 e. The molecule has 35 heavy (non-hydrogen) atoms. The number of aryl methyl sites for hydroxylation is 1. The molecule has 1 saturated heterocycles. The Hall–Kier alpha value is -0.950. The van der Waals surface area contributed by atoms with E-state index in [0.29, 0.717) is 10.7 Å². The molecule has 0 radical (unpaired) electrons. The minimum Gasteiger partial charge on any atom is -0.543 e. The third kappa shape index (κ3) is 6.14. The molecule has 0 saturated carbocycles. The van der Waals surface area contributed by atoms with Crippen LogP contribution in [-0.4, -0.2) is 99.7 Å². The summed E-state index contributed by atoms with van der Waals surface area (Å²) >= 11 is 7.95. The van der Waals surface area contributed by atoms with Gasteiger partial charge in [-0.1, -0.05) is 11.8 Å². The molecule has 2 amide bonds. The second kappa shape index (κ2) is 12.5. The predicted octanol–water partition coefficient (Wildman–Crippen LogP) is -5.46. The minimum absolute atomic E-state index is 0. The zero-order valence-corrected chi connectivity index (χ0v) is 24.4. The van der Waals surface area contributed by atoms with E-state index in [4.69, 9.17) is 10.8 Å². The monoisotopic (exact) mass is 571 g/mol. The number of aromatic nitrogens is 4. The van der Waals surface area contributed by atoms with Gasteiger partial charge < -0.3 is 26.1 Å². The zero-order valence-electron chi connectivity index (χ0n) is 19.0. The van der Waals surface area contributed by atoms with Gasteiger partial charge in [0.05, 0.1) is 23.5 Å². The summed E-state index contributed by atoms with van der Waals surface area (Å²) in [6, 6.07) is -1.83. The number of carbonyl (C=O) groups is 4. The zero-order chi connectivity index (χ0) is 25.2. The molecule has 1 aromatic rings. The average molecular weight is 572 g/mol. The quantitative estimate of drug-likeness (QED) is 0.0646. The maximum atomic E-state index is 13.2. The van der Waals surface area contributed by atoms with Crippen LogP contribution in [0.15, 0.2) is 16.4 Å². The number of carbonyl (C=O) groups excluding carboxylic acids is 3. The Morgan fingerprint density at radius 3 is 2.66 bits per heavy atom. The molecule has 4 N–H and O–H groups in total. The molecule has 4 unspecified atom stereocenters. The number of nitrogens with one attached hydrogen (secondary N) is 1. The molecule has 0 aliphatic carbocycles. The fourth-order valence-corrected chi connectivity index (χ4v) is 7.03. The third-order valence-corrected chi connectivity index (χ3v) is 9.06. The number of carboxylic acid groups (broad SMARTS) is 2. The molecule has 4 atom stereocenters. The molecule has 1 fully saturated rings. The van der Waals surface area contributed by atoms with Crippen LogP contribution in [0.4, 0.5) is 0 Å². The molecule has 3 heterocycles. The summed E-state index contributed by atoms with van der Waals surface area (Å²) in [5, 5.41) is 34.7. The molecule has 13 nitrogen and oxygen atoms in total. The summed E-state index contributed by atoms with van der Waals surface area (Å²) in [5.74, 6) is -3.64. The van der Waals surface area contributed by atoms with Gasteiger partial charge in [0.2, 0.25) is 11.1 Å². The number of carboxylic acids is 2. The second-order valence-corrected chi connectivity index (χ2v) is 11.1. The normalized spacial score (nSPS) is 24.2. The van der Waals surface area contributed by atoms with Crippen molar-refractivity contribution in [1.29, 1.82) is 0 Å². The van der Waals surface area contributed by atoms with Crippen LogP contribution < -0.4 is 45.7 Å². The van der Waals surface area contributed by atoms with E-state index in [1.165, 1.54) is 16.4 Å². The van der Waals surface area contributed by atoms with Crippen molar-refractivity contribution in [2.75, 3.05) is 23.5 Å². The molecule has 0 spiro atoms. The Kier molecular flexibility index (Phi) is 10.8. The molecule has 3 rings (SSSR count). The third-order valence-electron chi connectivity index (χ3n) is 5.27. The summed E-state index contributed by atoms with van der Waals surface area (Å²) in [6.45, 7) is 0. The van der Waals surface area contributed by atoms with Crippen LogP contribution in [-0.2, 0) is 26.2 Å². The summed E-state index contributed by atoms with van der Waals surface area (Å²) in [5.41, 5.74) is 5.66. The van der Waals surface area contributed by atoms with Gasteiger partial charge in [-0.15, -0.1) is 28.6 Å². The first-order valence-electron chi connectivity index (χ1n) is 9.76. The molecule has 186 valence electrons. The van der Waals surface area contributed by atoms with E-state index >= 15 is 0 Å². The Balaban J connectivity index is 0.00000432. The largest absolute Gasteiger partial charge is 1.00 e. The van der Waals surface area contributed by atoms with Crippen LogP contribution in [0.2, 0.25) is 0 Å². The van der Waals surface area contributed by atoms with E-state index in [-0.39, 0.29) is 58.9 Å². The van der Waals surface area contributed by atoms with Crippen molar-refractivity contribution in [2.24, 2.45) is 12.8 Å². The first-order valence-corrected chi connectivity index (χ1v) is 13.6. The van der Waals surface area contributed by atoms with Gasteiger partial charge in [0.15, 0.2) is 4.87 Å². The molecule has 0 aromatic carbocycles. The van der Waals surface area contributed by atoms with Gasteiger partial charge in [-0.25, -0.2) is 4.68 Å². The number of amides is 2. The van der Waals surface area contributed by atoms with E-state index in [0.717, 1.165) is 28.4 Å². The topological polar surface area (TPSA) is 196 Å². The number of aliphatic carboxylic acids is 2. The van der Waals surface area contributed by atoms with Crippen molar-refractivity contribution in [2.45, 2.75) is 33.8 Å². The maximum Gasteiger partial charge on any atom is 1.00 e. The fraction of sp³-hybridized carbons (Fsp3) is 0.588. The summed E-state index contributed by atoms with van der Waals surface area (Å²) in [4.78, 5) is 48.3. The summed E-state index contributed by atoms with van der Waals surface area (Å²) < 4.78 is 1.44. The second-order valence-electron chi connectivity index (χ2n) is 7.45. The van der Waals surface area contributed by atoms with Crippen molar-refractivity contribution < 1.29 is 58.9 Å². The van der Waals surface area contributed by atoms with Gasteiger partial charge in [-0.3, -0.25) is 19.3 Å². The molecule has 1 aromatic heterocycles. The molecule has 18 heteroatoms. The Labute approximate surface area is 240 Å². The number of thioether (sulfide) groups is 3. The SMILES string of the molecule is CSC1(NC(=O)CSCC(N)C(=O)O)C(=O)N2C(C(=O)[O-])=C(CSc3nnnn3C)CC(S)C21.[Na+]. The van der Waals surface area contributed by atoms with Crippen LogP contribution in [0.1, 0.15) is 6.42 Å². The van der Waals surface area contributed by atoms with Gasteiger partial charge in [-0.05, 0) is 28.7 Å². The van der Waals surface area contributed by atoms with Crippen molar-refractivity contribution in [3.05, 3.63) is 11.3 Å². The van der Waals surface area contributed by atoms with Crippen LogP contribution >= 0.6 is 47.9 Å². The molecule has 2 aliphatic heterocycles. The summed E-state index contributed by atoms with van der Waals surface area (Å²) in [6.07, 6.45) is 1.89.